The number of ether oxygens (including phenoxy) is 3. The Morgan fingerprint density at radius 1 is 0.318 bits per heavy atom. The maximum absolute atomic E-state index is 12.8. The van der Waals surface area contributed by atoms with Gasteiger partial charge in [-0.25, -0.2) is 0 Å². The summed E-state index contributed by atoms with van der Waals surface area (Å²) in [7, 11) is 0. The number of hydrogen-bond donors (Lipinski definition) is 0. The van der Waals surface area contributed by atoms with Gasteiger partial charge in [0, 0.05) is 19.3 Å². The fraction of sp³-hybridized carbons (Fsp3) is 0.783. The van der Waals surface area contributed by atoms with Crippen LogP contribution in [0.15, 0.2) is 60.8 Å². The second-order valence-corrected chi connectivity index (χ2v) is 18.8. The molecule has 0 N–H and O–H groups in total. The van der Waals surface area contributed by atoms with E-state index in [2.05, 4.69) is 81.5 Å². The van der Waals surface area contributed by atoms with Crippen molar-refractivity contribution >= 4 is 17.9 Å². The summed E-state index contributed by atoms with van der Waals surface area (Å²) in [5.74, 6) is -0.872. The molecule has 0 heterocycles. The second kappa shape index (κ2) is 54.7. The summed E-state index contributed by atoms with van der Waals surface area (Å²) in [4.78, 5) is 38.0. The van der Waals surface area contributed by atoms with Gasteiger partial charge in [0.05, 0.1) is 0 Å². The summed E-state index contributed by atoms with van der Waals surface area (Å²) >= 11 is 0. The van der Waals surface area contributed by atoms with Crippen molar-refractivity contribution in [3.05, 3.63) is 60.8 Å². The van der Waals surface area contributed by atoms with Gasteiger partial charge in [-0.2, -0.15) is 0 Å². The Hall–Kier alpha value is -2.89. The number of carbonyl (C=O) groups excluding carboxylic acids is 3. The van der Waals surface area contributed by atoms with Gasteiger partial charge in [-0.1, -0.05) is 261 Å². The number of carbonyl (C=O) groups is 3. The van der Waals surface area contributed by atoms with Gasteiger partial charge in [-0.3, -0.25) is 14.4 Å². The Morgan fingerprint density at radius 2 is 0.591 bits per heavy atom. The average Bonchev–Trinajstić information content (AvgIpc) is 3.31. The third kappa shape index (κ3) is 52.1. The van der Waals surface area contributed by atoms with Crippen molar-refractivity contribution in [1.29, 1.82) is 0 Å². The summed E-state index contributed by atoms with van der Waals surface area (Å²) in [5, 5.41) is 0. The summed E-state index contributed by atoms with van der Waals surface area (Å²) in [6, 6.07) is 0. The molecule has 0 aromatic heterocycles. The zero-order valence-electron chi connectivity index (χ0n) is 43.7. The normalized spacial score (nSPS) is 12.5. The molecular weight excluding hydrogens is 817 g/mol. The first-order valence-corrected chi connectivity index (χ1v) is 28.3. The van der Waals surface area contributed by atoms with E-state index in [9.17, 15) is 14.4 Å². The molecule has 0 saturated carbocycles. The summed E-state index contributed by atoms with van der Waals surface area (Å²) in [6.45, 7) is 6.52. The third-order valence-corrected chi connectivity index (χ3v) is 12.3. The van der Waals surface area contributed by atoms with E-state index in [-0.39, 0.29) is 31.1 Å². The molecule has 0 aliphatic rings. The molecule has 6 nitrogen and oxygen atoms in total. The van der Waals surface area contributed by atoms with Gasteiger partial charge in [-0.15, -0.1) is 0 Å². The SMILES string of the molecule is CC/C=C\C/C=C\C/C=C\C/C=C\C/C=C\CCCCCCCCCCCC(=O)OCC(COC(=O)CCCCCCCCCC)OC(=O)CCCCCCCCCCCCCCCCC. The molecule has 1 unspecified atom stereocenters. The van der Waals surface area contributed by atoms with Crippen molar-refractivity contribution < 1.29 is 28.6 Å². The molecule has 0 aromatic carbocycles. The van der Waals surface area contributed by atoms with E-state index in [4.69, 9.17) is 14.2 Å². The Bertz CT molecular complexity index is 1200. The zero-order valence-corrected chi connectivity index (χ0v) is 43.7. The van der Waals surface area contributed by atoms with Crippen LogP contribution in [0, 0.1) is 0 Å². The maximum atomic E-state index is 12.8. The van der Waals surface area contributed by atoms with E-state index in [0.29, 0.717) is 19.3 Å². The van der Waals surface area contributed by atoms with E-state index in [0.717, 1.165) is 96.3 Å². The van der Waals surface area contributed by atoms with Gasteiger partial charge in [0.2, 0.25) is 0 Å². The Labute approximate surface area is 409 Å². The highest BCUT2D eigenvalue weighted by molar-refractivity contribution is 5.71. The number of allylic oxidation sites excluding steroid dienone is 10. The monoisotopic (exact) mass is 923 g/mol. The van der Waals surface area contributed by atoms with Crippen molar-refractivity contribution in [2.24, 2.45) is 0 Å². The van der Waals surface area contributed by atoms with Crippen molar-refractivity contribution in [1.82, 2.24) is 0 Å². The van der Waals surface area contributed by atoms with Gasteiger partial charge in [0.1, 0.15) is 13.2 Å². The average molecular weight is 924 g/mol. The van der Waals surface area contributed by atoms with Gasteiger partial charge >= 0.3 is 17.9 Å². The van der Waals surface area contributed by atoms with Crippen molar-refractivity contribution in [3.63, 3.8) is 0 Å². The quantitative estimate of drug-likeness (QED) is 0.0262. The molecule has 0 aromatic rings. The smallest absolute Gasteiger partial charge is 0.306 e. The number of esters is 3. The molecule has 0 radical (unpaired) electrons. The van der Waals surface area contributed by atoms with Gasteiger partial charge in [0.15, 0.2) is 6.10 Å². The van der Waals surface area contributed by atoms with Gasteiger partial charge in [-0.05, 0) is 64.2 Å². The van der Waals surface area contributed by atoms with E-state index in [1.165, 1.54) is 148 Å². The first-order valence-electron chi connectivity index (χ1n) is 28.3. The highest BCUT2D eigenvalue weighted by Gasteiger charge is 2.19. The number of unbranched alkanes of at least 4 members (excludes halogenated alkanes) is 30. The van der Waals surface area contributed by atoms with Crippen LogP contribution in [-0.2, 0) is 28.6 Å². The van der Waals surface area contributed by atoms with E-state index in [1.807, 2.05) is 0 Å². The molecule has 0 bridgehead atoms. The largest absolute Gasteiger partial charge is 0.462 e. The number of hydrogen-bond acceptors (Lipinski definition) is 6. The highest BCUT2D eigenvalue weighted by Crippen LogP contribution is 2.16. The van der Waals surface area contributed by atoms with Crippen LogP contribution in [0.25, 0.3) is 0 Å². The minimum absolute atomic E-state index is 0.0723. The predicted molar refractivity (Wildman–Crippen MR) is 284 cm³/mol. The fourth-order valence-corrected chi connectivity index (χ4v) is 8.06. The molecule has 0 spiro atoms. The lowest BCUT2D eigenvalue weighted by Crippen LogP contribution is -2.30. The molecule has 66 heavy (non-hydrogen) atoms. The molecule has 0 saturated heterocycles. The third-order valence-electron chi connectivity index (χ3n) is 12.3. The van der Waals surface area contributed by atoms with Crippen LogP contribution in [0.1, 0.15) is 284 Å². The lowest BCUT2D eigenvalue weighted by molar-refractivity contribution is -0.167. The lowest BCUT2D eigenvalue weighted by Gasteiger charge is -2.18. The Balaban J connectivity index is 4.20. The van der Waals surface area contributed by atoms with E-state index in [1.54, 1.807) is 0 Å². The fourth-order valence-electron chi connectivity index (χ4n) is 8.06. The van der Waals surface area contributed by atoms with E-state index >= 15 is 0 Å². The standard InChI is InChI=1S/C60H106O6/c1-4-7-10-13-16-19-21-23-25-26-27-28-29-30-31-32-33-34-36-37-39-41-44-47-50-53-59(62)65-56-57(55-64-58(61)52-49-46-43-18-15-12-9-6-3)66-60(63)54-51-48-45-42-40-38-35-24-22-20-17-14-11-8-5-2/h7,10,16,19,23,25,27-28,30-31,57H,4-6,8-9,11-15,17-18,20-22,24,26,29,32-56H2,1-3H3/b10-7-,19-16-,25-23-,28-27-,31-30-. The topological polar surface area (TPSA) is 78.9 Å². The molecule has 0 aliphatic carbocycles. The van der Waals surface area contributed by atoms with Crippen molar-refractivity contribution in [3.8, 4) is 0 Å². The summed E-state index contributed by atoms with van der Waals surface area (Å²) in [6.07, 6.45) is 67.9. The molecule has 0 rings (SSSR count). The molecule has 382 valence electrons. The van der Waals surface area contributed by atoms with Crippen molar-refractivity contribution in [2.45, 2.75) is 290 Å². The predicted octanol–water partition coefficient (Wildman–Crippen LogP) is 18.8. The van der Waals surface area contributed by atoms with Gasteiger partial charge < -0.3 is 14.2 Å². The van der Waals surface area contributed by atoms with Crippen LogP contribution in [0.4, 0.5) is 0 Å². The molecule has 0 fully saturated rings. The highest BCUT2D eigenvalue weighted by atomic mass is 16.6. The van der Waals surface area contributed by atoms with Crippen molar-refractivity contribution in [2.75, 3.05) is 13.2 Å². The van der Waals surface area contributed by atoms with E-state index < -0.39 is 6.10 Å². The minimum Gasteiger partial charge on any atom is -0.462 e. The first-order chi connectivity index (χ1) is 32.5. The summed E-state index contributed by atoms with van der Waals surface area (Å²) < 4.78 is 16.8. The Kier molecular flexibility index (Phi) is 52.3. The van der Waals surface area contributed by atoms with Crippen LogP contribution in [0.5, 0.6) is 0 Å². The summed E-state index contributed by atoms with van der Waals surface area (Å²) in [5.41, 5.74) is 0. The molecule has 0 aliphatic heterocycles. The van der Waals surface area contributed by atoms with Crippen LogP contribution in [-0.4, -0.2) is 37.2 Å². The maximum Gasteiger partial charge on any atom is 0.306 e. The zero-order chi connectivity index (χ0) is 47.9. The lowest BCUT2D eigenvalue weighted by atomic mass is 10.0. The minimum atomic E-state index is -0.771. The van der Waals surface area contributed by atoms with Crippen LogP contribution in [0.3, 0.4) is 0 Å². The van der Waals surface area contributed by atoms with Crippen LogP contribution < -0.4 is 0 Å². The van der Waals surface area contributed by atoms with Gasteiger partial charge in [0.25, 0.3) is 0 Å². The number of rotatable bonds is 51. The molecule has 0 amide bonds. The molecular formula is C60H106O6. The first kappa shape index (κ1) is 63.1. The Morgan fingerprint density at radius 3 is 0.924 bits per heavy atom. The van der Waals surface area contributed by atoms with Crippen LogP contribution >= 0.6 is 0 Å². The molecule has 6 heteroatoms. The van der Waals surface area contributed by atoms with Crippen LogP contribution in [0.2, 0.25) is 0 Å². The molecule has 1 atom stereocenters. The second-order valence-electron chi connectivity index (χ2n) is 18.8.